The van der Waals surface area contributed by atoms with Crippen LogP contribution in [0.3, 0.4) is 0 Å². The molecule has 2 amide bonds. The zero-order chi connectivity index (χ0) is 20.2. The first-order valence-electron chi connectivity index (χ1n) is 10.5. The third kappa shape index (κ3) is 4.50. The minimum absolute atomic E-state index is 0.0261. The van der Waals surface area contributed by atoms with Crippen molar-refractivity contribution in [1.82, 2.24) is 25.1 Å². The molecule has 0 aliphatic carbocycles. The summed E-state index contributed by atoms with van der Waals surface area (Å²) in [6, 6.07) is 9.98. The van der Waals surface area contributed by atoms with Gasteiger partial charge >= 0.3 is 6.03 Å². The van der Waals surface area contributed by atoms with E-state index in [2.05, 4.69) is 27.0 Å². The number of aromatic nitrogens is 2. The van der Waals surface area contributed by atoms with Crippen molar-refractivity contribution in [3.63, 3.8) is 0 Å². The Morgan fingerprint density at radius 2 is 1.83 bits per heavy atom. The van der Waals surface area contributed by atoms with Crippen LogP contribution in [0, 0.1) is 6.92 Å². The summed E-state index contributed by atoms with van der Waals surface area (Å²) in [6.45, 7) is 11.1. The summed E-state index contributed by atoms with van der Waals surface area (Å²) >= 11 is 0. The van der Waals surface area contributed by atoms with Crippen molar-refractivity contribution in [2.75, 3.05) is 44.2 Å². The van der Waals surface area contributed by atoms with Gasteiger partial charge in [0.05, 0.1) is 12.2 Å². The number of amides is 2. The van der Waals surface area contributed by atoms with E-state index in [1.807, 2.05) is 42.2 Å². The second-order valence-electron chi connectivity index (χ2n) is 7.76. The third-order valence-corrected chi connectivity index (χ3v) is 5.84. The molecule has 154 valence electrons. The Kier molecular flexibility index (Phi) is 5.94. The first kappa shape index (κ1) is 19.6. The van der Waals surface area contributed by atoms with Crippen LogP contribution in [0.1, 0.15) is 29.6 Å². The molecule has 7 nitrogen and oxygen atoms in total. The number of anilines is 1. The molecule has 2 aliphatic rings. The summed E-state index contributed by atoms with van der Waals surface area (Å²) in [5.41, 5.74) is 3.31. The minimum Gasteiger partial charge on any atom is -0.354 e. The lowest BCUT2D eigenvalue weighted by molar-refractivity contribution is 0.191. The maximum absolute atomic E-state index is 12.8. The van der Waals surface area contributed by atoms with Gasteiger partial charge in [0.15, 0.2) is 0 Å². The molecule has 1 saturated heterocycles. The number of nitrogens with one attached hydrogen (secondary N) is 1. The van der Waals surface area contributed by atoms with Crippen molar-refractivity contribution in [2.24, 2.45) is 0 Å². The minimum atomic E-state index is -0.0261. The first-order valence-corrected chi connectivity index (χ1v) is 10.5. The molecule has 29 heavy (non-hydrogen) atoms. The van der Waals surface area contributed by atoms with E-state index < -0.39 is 0 Å². The van der Waals surface area contributed by atoms with E-state index in [4.69, 9.17) is 4.98 Å². The molecule has 0 radical (unpaired) electrons. The molecule has 2 aromatic rings. The number of urea groups is 1. The number of hydrogen-bond acceptors (Lipinski definition) is 5. The predicted octanol–water partition coefficient (Wildman–Crippen LogP) is 2.19. The molecule has 3 heterocycles. The van der Waals surface area contributed by atoms with Gasteiger partial charge in [-0.25, -0.2) is 14.8 Å². The van der Waals surface area contributed by atoms with Gasteiger partial charge in [-0.05, 0) is 19.0 Å². The number of nitrogens with zero attached hydrogens (tertiary/aromatic N) is 5. The lowest BCUT2D eigenvalue weighted by atomic mass is 10.1. The Bertz CT molecular complexity index is 848. The first-order chi connectivity index (χ1) is 14.1. The van der Waals surface area contributed by atoms with Crippen molar-refractivity contribution in [2.45, 2.75) is 33.4 Å². The molecule has 1 fully saturated rings. The van der Waals surface area contributed by atoms with Crippen molar-refractivity contribution < 1.29 is 4.79 Å². The van der Waals surface area contributed by atoms with Gasteiger partial charge in [-0.1, -0.05) is 37.3 Å². The van der Waals surface area contributed by atoms with Crippen LogP contribution in [0.25, 0.3) is 0 Å². The van der Waals surface area contributed by atoms with Gasteiger partial charge in [-0.2, -0.15) is 0 Å². The van der Waals surface area contributed by atoms with Gasteiger partial charge in [0.25, 0.3) is 0 Å². The van der Waals surface area contributed by atoms with Crippen LogP contribution < -0.4 is 10.2 Å². The zero-order valence-corrected chi connectivity index (χ0v) is 17.4. The van der Waals surface area contributed by atoms with Gasteiger partial charge in [0.2, 0.25) is 0 Å². The molecule has 0 spiro atoms. The summed E-state index contributed by atoms with van der Waals surface area (Å²) in [5.74, 6) is 1.84. The highest BCUT2D eigenvalue weighted by Gasteiger charge is 2.28. The highest BCUT2D eigenvalue weighted by Crippen LogP contribution is 2.27. The van der Waals surface area contributed by atoms with Crippen LogP contribution in [0.5, 0.6) is 0 Å². The Labute approximate surface area is 172 Å². The van der Waals surface area contributed by atoms with Crippen molar-refractivity contribution >= 4 is 11.8 Å². The lowest BCUT2D eigenvalue weighted by Crippen LogP contribution is -2.48. The number of carbonyl (C=O) groups excluding carboxylic acids is 1. The SMILES string of the molecule is CCN1CCN(c2nc(C)nc3c2CN(C(=O)NCc2ccccc2)CC3)CC1. The van der Waals surface area contributed by atoms with Gasteiger partial charge in [0, 0.05) is 51.3 Å². The zero-order valence-electron chi connectivity index (χ0n) is 17.4. The summed E-state index contributed by atoms with van der Waals surface area (Å²) in [4.78, 5) is 28.9. The Morgan fingerprint density at radius 1 is 1.07 bits per heavy atom. The summed E-state index contributed by atoms with van der Waals surface area (Å²) < 4.78 is 0. The number of hydrogen-bond donors (Lipinski definition) is 1. The van der Waals surface area contributed by atoms with E-state index in [-0.39, 0.29) is 6.03 Å². The van der Waals surface area contributed by atoms with Gasteiger partial charge < -0.3 is 20.0 Å². The van der Waals surface area contributed by atoms with E-state index in [1.165, 1.54) is 0 Å². The van der Waals surface area contributed by atoms with E-state index in [1.54, 1.807) is 0 Å². The van der Waals surface area contributed by atoms with Crippen LogP contribution in [0.15, 0.2) is 30.3 Å². The average molecular weight is 395 g/mol. The smallest absolute Gasteiger partial charge is 0.317 e. The molecule has 1 N–H and O–H groups in total. The van der Waals surface area contributed by atoms with Gasteiger partial charge in [0.1, 0.15) is 11.6 Å². The maximum atomic E-state index is 12.8. The third-order valence-electron chi connectivity index (χ3n) is 5.84. The van der Waals surface area contributed by atoms with Crippen molar-refractivity contribution in [3.05, 3.63) is 53.0 Å². The molecule has 0 atom stereocenters. The van der Waals surface area contributed by atoms with E-state index in [9.17, 15) is 4.79 Å². The molecule has 0 unspecified atom stereocenters. The molecule has 0 saturated carbocycles. The molecule has 1 aromatic heterocycles. The number of rotatable bonds is 4. The highest BCUT2D eigenvalue weighted by atomic mass is 16.2. The maximum Gasteiger partial charge on any atom is 0.317 e. The second kappa shape index (κ2) is 8.78. The van der Waals surface area contributed by atoms with Crippen molar-refractivity contribution in [1.29, 1.82) is 0 Å². The van der Waals surface area contributed by atoms with Crippen LogP contribution in [-0.4, -0.2) is 65.1 Å². The van der Waals surface area contributed by atoms with E-state index in [0.29, 0.717) is 19.6 Å². The van der Waals surface area contributed by atoms with Crippen molar-refractivity contribution in [3.8, 4) is 0 Å². The van der Waals surface area contributed by atoms with E-state index >= 15 is 0 Å². The Hall–Kier alpha value is -2.67. The molecule has 2 aliphatic heterocycles. The Balaban J connectivity index is 1.47. The van der Waals surface area contributed by atoms with Crippen LogP contribution in [0.4, 0.5) is 10.6 Å². The summed E-state index contributed by atoms with van der Waals surface area (Å²) in [6.07, 6.45) is 0.777. The summed E-state index contributed by atoms with van der Waals surface area (Å²) in [5, 5.41) is 3.05. The van der Waals surface area contributed by atoms with Crippen LogP contribution >= 0.6 is 0 Å². The van der Waals surface area contributed by atoms with Crippen LogP contribution in [-0.2, 0) is 19.5 Å². The number of likely N-dealkylation sites (N-methyl/N-ethyl adjacent to an activating group) is 1. The summed E-state index contributed by atoms with van der Waals surface area (Å²) in [7, 11) is 0. The van der Waals surface area contributed by atoms with Crippen LogP contribution in [0.2, 0.25) is 0 Å². The fourth-order valence-electron chi connectivity index (χ4n) is 4.11. The normalized spacial score (nSPS) is 17.2. The quantitative estimate of drug-likeness (QED) is 0.861. The van der Waals surface area contributed by atoms with E-state index in [0.717, 1.165) is 67.6 Å². The highest BCUT2D eigenvalue weighted by molar-refractivity contribution is 5.75. The number of benzene rings is 1. The number of aryl methyl sites for hydroxylation is 1. The Morgan fingerprint density at radius 3 is 2.55 bits per heavy atom. The lowest BCUT2D eigenvalue weighted by Gasteiger charge is -2.37. The predicted molar refractivity (Wildman–Crippen MR) is 114 cm³/mol. The molecule has 7 heteroatoms. The monoisotopic (exact) mass is 394 g/mol. The molecule has 0 bridgehead atoms. The van der Waals surface area contributed by atoms with Gasteiger partial charge in [-0.3, -0.25) is 0 Å². The number of piperazine rings is 1. The average Bonchev–Trinajstić information content (AvgIpc) is 2.77. The topological polar surface area (TPSA) is 64.6 Å². The second-order valence-corrected chi connectivity index (χ2v) is 7.76. The number of carbonyl (C=O) groups is 1. The molecular formula is C22H30N6O. The largest absolute Gasteiger partial charge is 0.354 e. The van der Waals surface area contributed by atoms with Gasteiger partial charge in [-0.15, -0.1) is 0 Å². The molecule has 1 aromatic carbocycles. The molecule has 4 rings (SSSR count). The number of fused-ring (bicyclic) bond motifs is 1. The fraction of sp³-hybridized carbons (Fsp3) is 0.500. The standard InChI is InChI=1S/C22H30N6O/c1-3-26-11-13-27(14-12-26)21-19-16-28(10-9-20(19)24-17(2)25-21)22(29)23-15-18-7-5-4-6-8-18/h4-8H,3,9-16H2,1-2H3,(H,23,29). The fourth-order valence-corrected chi connectivity index (χ4v) is 4.11. The molecular weight excluding hydrogens is 364 g/mol.